The normalized spacial score (nSPS) is 13.2. The molecule has 2 aromatic carbocycles. The van der Waals surface area contributed by atoms with Crippen molar-refractivity contribution in [2.75, 3.05) is 13.1 Å². The van der Waals surface area contributed by atoms with E-state index in [0.717, 1.165) is 24.9 Å². The Kier molecular flexibility index (Phi) is 10.1. The Labute approximate surface area is 247 Å². The summed E-state index contributed by atoms with van der Waals surface area (Å²) in [5, 5.41) is 4.03. The Morgan fingerprint density at radius 3 is 2.53 bits per heavy atom. The molecule has 8 N–H and O–H groups in total. The van der Waals surface area contributed by atoms with Gasteiger partial charge in [-0.3, -0.25) is 9.56 Å². The molecule has 4 rings (SSSR count). The average Bonchev–Trinajstić information content (AvgIpc) is 3.34. The third kappa shape index (κ3) is 9.06. The highest BCUT2D eigenvalue weighted by Gasteiger charge is 2.31. The molecule has 0 amide bonds. The molecule has 2 atom stereocenters. The van der Waals surface area contributed by atoms with Crippen LogP contribution in [0.3, 0.4) is 0 Å². The number of nitrogens with two attached hydrogens (primary N) is 3. The number of hydrogen-bond donors (Lipinski definition) is 5. The van der Waals surface area contributed by atoms with Crippen LogP contribution in [0.15, 0.2) is 64.5 Å². The average molecular weight is 599 g/mol. The third-order valence-electron chi connectivity index (χ3n) is 6.89. The van der Waals surface area contributed by atoms with Crippen LogP contribution >= 0.6 is 0 Å². The summed E-state index contributed by atoms with van der Waals surface area (Å²) in [6.07, 6.45) is -0.397. The summed E-state index contributed by atoms with van der Waals surface area (Å²) in [5.74, 6) is -0.241. The number of H-pyrrole nitrogens is 1. The minimum absolute atomic E-state index is 0.00834. The molecule has 2 aromatic heterocycles. The molecule has 10 nitrogen and oxygen atoms in total. The zero-order valence-corrected chi connectivity index (χ0v) is 24.1. The van der Waals surface area contributed by atoms with Crippen LogP contribution < -0.4 is 32.9 Å². The number of aromatic nitrogens is 3. The van der Waals surface area contributed by atoms with Crippen LogP contribution in [0.1, 0.15) is 50.3 Å². The number of aliphatic imine (C=N–C) groups is 1. The summed E-state index contributed by atoms with van der Waals surface area (Å²) in [6.45, 7) is 5.20. The molecule has 4 aromatic rings. The highest BCUT2D eigenvalue weighted by atomic mass is 19.4. The van der Waals surface area contributed by atoms with Crippen molar-refractivity contribution in [2.24, 2.45) is 22.2 Å². The first-order valence-electron chi connectivity index (χ1n) is 14.0. The fraction of sp³-hybridized carbons (Fsp3) is 0.367. The predicted molar refractivity (Wildman–Crippen MR) is 162 cm³/mol. The van der Waals surface area contributed by atoms with Crippen molar-refractivity contribution >= 4 is 17.0 Å². The van der Waals surface area contributed by atoms with Crippen molar-refractivity contribution in [1.82, 2.24) is 19.9 Å². The Bertz CT molecular complexity index is 1610. The lowest BCUT2D eigenvalue weighted by Gasteiger charge is -2.15. The second-order valence-electron chi connectivity index (χ2n) is 10.6. The van der Waals surface area contributed by atoms with Gasteiger partial charge in [-0.1, -0.05) is 12.1 Å². The van der Waals surface area contributed by atoms with Crippen LogP contribution in [-0.4, -0.2) is 46.0 Å². The van der Waals surface area contributed by atoms with Gasteiger partial charge in [0.05, 0.1) is 5.69 Å². The first-order chi connectivity index (χ1) is 20.4. The molecule has 0 radical (unpaired) electrons. The summed E-state index contributed by atoms with van der Waals surface area (Å²) in [6, 6.07) is 13.8. The largest absolute Gasteiger partial charge is 0.573 e. The van der Waals surface area contributed by atoms with Gasteiger partial charge in [-0.15, -0.1) is 13.2 Å². The second kappa shape index (κ2) is 13.7. The maximum Gasteiger partial charge on any atom is 0.573 e. The van der Waals surface area contributed by atoms with Crippen molar-refractivity contribution in [2.45, 2.75) is 58.0 Å². The number of fused-ring (bicyclic) bond motifs is 1. The van der Waals surface area contributed by atoms with E-state index < -0.39 is 12.1 Å². The third-order valence-corrected chi connectivity index (χ3v) is 6.89. The number of halogens is 3. The summed E-state index contributed by atoms with van der Waals surface area (Å²) < 4.78 is 44.8. The monoisotopic (exact) mass is 598 g/mol. The van der Waals surface area contributed by atoms with E-state index in [1.54, 1.807) is 18.3 Å². The van der Waals surface area contributed by atoms with Gasteiger partial charge in [-0.05, 0) is 93.6 Å². The van der Waals surface area contributed by atoms with Gasteiger partial charge in [0.25, 0.3) is 0 Å². The zero-order chi connectivity index (χ0) is 31.1. The first-order valence-corrected chi connectivity index (χ1v) is 14.0. The van der Waals surface area contributed by atoms with E-state index in [0.29, 0.717) is 52.9 Å². The number of aromatic amines is 1. The van der Waals surface area contributed by atoms with Gasteiger partial charge in [0.15, 0.2) is 5.96 Å². The Hall–Kier alpha value is -4.36. The van der Waals surface area contributed by atoms with Crippen LogP contribution in [0.4, 0.5) is 13.2 Å². The number of nitrogens with zero attached hydrogens (tertiary/aromatic N) is 3. The van der Waals surface area contributed by atoms with Crippen LogP contribution in [0.25, 0.3) is 28.0 Å². The minimum atomic E-state index is -4.83. The van der Waals surface area contributed by atoms with E-state index in [2.05, 4.69) is 25.0 Å². The summed E-state index contributed by atoms with van der Waals surface area (Å²) in [7, 11) is 0. The van der Waals surface area contributed by atoms with E-state index in [4.69, 9.17) is 17.2 Å². The molecule has 0 bridgehead atoms. The highest BCUT2D eigenvalue weighted by Crippen LogP contribution is 2.31. The lowest BCUT2D eigenvalue weighted by molar-refractivity contribution is -0.274. The van der Waals surface area contributed by atoms with Crippen LogP contribution in [0.5, 0.6) is 5.75 Å². The van der Waals surface area contributed by atoms with Crippen molar-refractivity contribution in [1.29, 1.82) is 0 Å². The number of ether oxygens (including phenoxy) is 1. The number of guanidine groups is 1. The molecule has 0 fully saturated rings. The number of alkyl halides is 3. The van der Waals surface area contributed by atoms with Crippen LogP contribution in [0, 0.1) is 0 Å². The van der Waals surface area contributed by atoms with Crippen LogP contribution in [-0.2, 0) is 6.42 Å². The Morgan fingerprint density at radius 2 is 1.86 bits per heavy atom. The molecule has 230 valence electrons. The molecule has 0 aliphatic rings. The molecule has 0 aliphatic carbocycles. The van der Waals surface area contributed by atoms with Gasteiger partial charge in [0.1, 0.15) is 11.4 Å². The maximum absolute atomic E-state index is 13.0. The fourth-order valence-electron chi connectivity index (χ4n) is 4.76. The molecular weight excluding hydrogens is 561 g/mol. The van der Waals surface area contributed by atoms with Crippen molar-refractivity contribution in [3.8, 4) is 22.7 Å². The standard InChI is InChI=1S/C30H37F3N8O2/c1-18(34)5-3-6-20-13-22(15-25(14-20)43-30(31,32)33)26-16-23-17-41(29(42)40-27(23)39-26)24-9-7-21(8-10-24)19(2)37-11-4-12-38-28(35)36/h7-10,13-19,37H,3-6,11-12,34H2,1-2H3,(H4,35,36,38)(H,39,40,42)/t18-,19-/m0/s1. The molecule has 43 heavy (non-hydrogen) atoms. The molecule has 0 spiro atoms. The quantitative estimate of drug-likeness (QED) is 0.0872. The smallest absolute Gasteiger partial charge is 0.406 e. The van der Waals surface area contributed by atoms with Gasteiger partial charge in [0.2, 0.25) is 0 Å². The topological polar surface area (TPSA) is 162 Å². The van der Waals surface area contributed by atoms with E-state index in [-0.39, 0.29) is 23.8 Å². The summed E-state index contributed by atoms with van der Waals surface area (Å²) in [4.78, 5) is 24.1. The maximum atomic E-state index is 13.0. The van der Waals surface area contributed by atoms with E-state index in [1.807, 2.05) is 38.1 Å². The first kappa shape index (κ1) is 31.6. The lowest BCUT2D eigenvalue weighted by atomic mass is 10.0. The number of nitrogens with one attached hydrogen (secondary N) is 2. The van der Waals surface area contributed by atoms with E-state index in [1.165, 1.54) is 16.7 Å². The number of aryl methyl sites for hydroxylation is 1. The molecule has 2 heterocycles. The molecule has 13 heteroatoms. The van der Waals surface area contributed by atoms with Gasteiger partial charge in [-0.25, -0.2) is 4.79 Å². The Morgan fingerprint density at radius 1 is 1.12 bits per heavy atom. The SMILES string of the molecule is C[C@H](N)CCCc1cc(OC(F)(F)F)cc(-c2cc3cn(-c4ccc([C@H](C)NCCCN=C(N)N)cc4)c(=O)nc3[nH]2)c1. The van der Waals surface area contributed by atoms with Gasteiger partial charge in [0, 0.05) is 41.5 Å². The molecule has 0 saturated carbocycles. The highest BCUT2D eigenvalue weighted by molar-refractivity contribution is 5.83. The molecule has 0 saturated heterocycles. The zero-order valence-electron chi connectivity index (χ0n) is 24.1. The number of benzene rings is 2. The molecule has 0 unspecified atom stereocenters. The van der Waals surface area contributed by atoms with Crippen LogP contribution in [0.2, 0.25) is 0 Å². The van der Waals surface area contributed by atoms with Crippen molar-refractivity contribution in [3.63, 3.8) is 0 Å². The lowest BCUT2D eigenvalue weighted by Crippen LogP contribution is -2.24. The van der Waals surface area contributed by atoms with E-state index in [9.17, 15) is 18.0 Å². The van der Waals surface area contributed by atoms with Crippen molar-refractivity contribution in [3.05, 3.63) is 76.3 Å². The predicted octanol–water partition coefficient (Wildman–Crippen LogP) is 4.26. The summed E-state index contributed by atoms with van der Waals surface area (Å²) in [5.41, 5.74) is 19.7. The van der Waals surface area contributed by atoms with Gasteiger partial charge < -0.3 is 32.2 Å². The van der Waals surface area contributed by atoms with E-state index >= 15 is 0 Å². The molecule has 0 aliphatic heterocycles. The fourth-order valence-corrected chi connectivity index (χ4v) is 4.76. The van der Waals surface area contributed by atoms with Gasteiger partial charge >= 0.3 is 12.1 Å². The minimum Gasteiger partial charge on any atom is -0.406 e. The number of hydrogen-bond acceptors (Lipinski definition) is 6. The number of rotatable bonds is 13. The second-order valence-corrected chi connectivity index (χ2v) is 10.6. The van der Waals surface area contributed by atoms with Gasteiger partial charge in [-0.2, -0.15) is 4.98 Å². The molecular formula is C30H37F3N8O2. The van der Waals surface area contributed by atoms with Crippen molar-refractivity contribution < 1.29 is 17.9 Å². The Balaban J connectivity index is 1.56. The summed E-state index contributed by atoms with van der Waals surface area (Å²) >= 11 is 0.